The molecule has 6 aromatic rings. The van der Waals surface area contributed by atoms with Crippen molar-refractivity contribution in [3.8, 4) is 22.3 Å². The summed E-state index contributed by atoms with van der Waals surface area (Å²) in [5.74, 6) is -3.92. The van der Waals surface area contributed by atoms with Crippen LogP contribution in [0.15, 0.2) is 97.3 Å². The maximum atomic E-state index is 14.3. The van der Waals surface area contributed by atoms with Crippen LogP contribution in [0.3, 0.4) is 0 Å². The van der Waals surface area contributed by atoms with E-state index in [1.165, 1.54) is 42.7 Å². The lowest BCUT2D eigenvalue weighted by molar-refractivity contribution is -0.145. The topological polar surface area (TPSA) is 272 Å². The molecule has 0 unspecified atom stereocenters. The Hall–Kier alpha value is -7.13. The fourth-order valence-electron chi connectivity index (χ4n) is 7.02. The van der Waals surface area contributed by atoms with E-state index < -0.39 is 59.6 Å². The Labute approximate surface area is 405 Å². The average molecular weight is 991 g/mol. The molecule has 0 aliphatic rings. The SMILES string of the molecule is CCOC(=O)[C@H](N)C[C@@H](Cc1ccc(-c2cc(Cl)ccc2F)cc1)NC(=O)c1cn[nH]n1.CNCCCC(=O)N[C@H](C[C@@H](Cc1ccc(-c2cc(Cl)ccc2F)cc1)NC(=O)c1cn[nH]n1)C(=O)O. The van der Waals surface area contributed by atoms with Gasteiger partial charge in [-0.1, -0.05) is 71.7 Å². The van der Waals surface area contributed by atoms with Crippen LogP contribution in [-0.4, -0.2) is 110 Å². The van der Waals surface area contributed by atoms with Crippen molar-refractivity contribution >= 4 is 52.9 Å². The number of aliphatic carboxylic acids is 1. The predicted molar refractivity (Wildman–Crippen MR) is 253 cm³/mol. The molecule has 0 bridgehead atoms. The van der Waals surface area contributed by atoms with Gasteiger partial charge in [-0.05, 0) is 111 Å². The summed E-state index contributed by atoms with van der Waals surface area (Å²) in [7, 11) is 1.76. The largest absolute Gasteiger partial charge is 0.480 e. The highest BCUT2D eigenvalue weighted by Crippen LogP contribution is 2.28. The van der Waals surface area contributed by atoms with Gasteiger partial charge in [-0.15, -0.1) is 0 Å². The maximum absolute atomic E-state index is 14.3. The molecule has 364 valence electrons. The van der Waals surface area contributed by atoms with Crippen molar-refractivity contribution in [1.82, 2.24) is 52.1 Å². The van der Waals surface area contributed by atoms with Crippen LogP contribution in [0.2, 0.25) is 10.0 Å². The van der Waals surface area contributed by atoms with E-state index in [1.807, 2.05) is 12.1 Å². The number of amides is 3. The lowest BCUT2D eigenvalue weighted by Crippen LogP contribution is -2.47. The van der Waals surface area contributed by atoms with Gasteiger partial charge in [0.15, 0.2) is 11.4 Å². The number of esters is 1. The van der Waals surface area contributed by atoms with E-state index in [9.17, 15) is 37.9 Å². The Morgan fingerprint density at radius 2 is 1.20 bits per heavy atom. The van der Waals surface area contributed by atoms with Gasteiger partial charge in [0.2, 0.25) is 5.91 Å². The summed E-state index contributed by atoms with van der Waals surface area (Å²) in [4.78, 5) is 61.2. The number of aromatic nitrogens is 6. The van der Waals surface area contributed by atoms with Gasteiger partial charge in [0.1, 0.15) is 23.7 Å². The van der Waals surface area contributed by atoms with Gasteiger partial charge in [-0.3, -0.25) is 19.2 Å². The lowest BCUT2D eigenvalue weighted by atomic mass is 9.96. The first kappa shape index (κ1) is 52.8. The number of carbonyl (C=O) groups excluding carboxylic acids is 4. The van der Waals surface area contributed by atoms with Gasteiger partial charge in [0.05, 0.1) is 19.0 Å². The van der Waals surface area contributed by atoms with E-state index in [1.54, 1.807) is 56.4 Å². The van der Waals surface area contributed by atoms with Crippen LogP contribution in [-0.2, 0) is 32.0 Å². The molecule has 0 aliphatic heterocycles. The van der Waals surface area contributed by atoms with Crippen LogP contribution in [0.1, 0.15) is 64.7 Å². The molecular formula is C47H51Cl2F2N11O7. The van der Waals surface area contributed by atoms with Crippen LogP contribution < -0.4 is 27.0 Å². The molecule has 0 aliphatic carbocycles. The molecule has 0 saturated heterocycles. The number of carboxylic acids is 1. The second-order valence-corrected chi connectivity index (χ2v) is 16.5. The molecular weight excluding hydrogens is 939 g/mol. The normalized spacial score (nSPS) is 12.6. The fourth-order valence-corrected chi connectivity index (χ4v) is 7.37. The highest BCUT2D eigenvalue weighted by Gasteiger charge is 2.27. The van der Waals surface area contributed by atoms with Crippen molar-refractivity contribution in [3.63, 3.8) is 0 Å². The summed E-state index contributed by atoms with van der Waals surface area (Å²) in [5.41, 5.74) is 9.78. The molecule has 2 heterocycles. The molecule has 0 radical (unpaired) electrons. The number of carboxylic acid groups (broad SMARTS) is 1. The van der Waals surface area contributed by atoms with Crippen LogP contribution in [0.5, 0.6) is 0 Å². The summed E-state index contributed by atoms with van der Waals surface area (Å²) in [6.45, 7) is 2.53. The van der Waals surface area contributed by atoms with Gasteiger partial charge in [0.25, 0.3) is 11.8 Å². The Morgan fingerprint density at radius 1 is 0.725 bits per heavy atom. The minimum Gasteiger partial charge on any atom is -0.480 e. The van der Waals surface area contributed by atoms with E-state index in [-0.39, 0.29) is 49.5 Å². The number of hydrogen-bond donors (Lipinski definition) is 8. The molecule has 18 nitrogen and oxygen atoms in total. The predicted octanol–water partition coefficient (Wildman–Crippen LogP) is 5.45. The van der Waals surface area contributed by atoms with Crippen LogP contribution in [0.25, 0.3) is 22.3 Å². The number of hydrogen-bond acceptors (Lipinski definition) is 12. The van der Waals surface area contributed by atoms with Crippen LogP contribution in [0.4, 0.5) is 8.78 Å². The Morgan fingerprint density at radius 3 is 1.62 bits per heavy atom. The summed E-state index contributed by atoms with van der Waals surface area (Å²) in [6, 6.07) is 19.5. The quantitative estimate of drug-likeness (QED) is 0.0311. The lowest BCUT2D eigenvalue weighted by Gasteiger charge is -2.23. The number of benzene rings is 4. The third-order valence-corrected chi connectivity index (χ3v) is 10.9. The molecule has 69 heavy (non-hydrogen) atoms. The molecule has 3 amide bonds. The van der Waals surface area contributed by atoms with Crippen molar-refractivity contribution in [2.75, 3.05) is 20.2 Å². The summed E-state index contributed by atoms with van der Waals surface area (Å²) >= 11 is 12.0. The van der Waals surface area contributed by atoms with E-state index >= 15 is 0 Å². The number of rotatable bonds is 22. The molecule has 9 N–H and O–H groups in total. The number of halogens is 4. The number of carbonyl (C=O) groups is 5. The van der Waals surface area contributed by atoms with Gasteiger partial charge in [-0.2, -0.15) is 30.8 Å². The van der Waals surface area contributed by atoms with Crippen molar-refractivity contribution in [3.05, 3.63) is 142 Å². The zero-order chi connectivity index (χ0) is 49.9. The summed E-state index contributed by atoms with van der Waals surface area (Å²) < 4.78 is 33.4. The minimum absolute atomic E-state index is 0.0414. The molecule has 0 spiro atoms. The first-order valence-corrected chi connectivity index (χ1v) is 22.4. The number of nitrogens with two attached hydrogens (primary N) is 1. The van der Waals surface area contributed by atoms with E-state index in [0.29, 0.717) is 51.7 Å². The van der Waals surface area contributed by atoms with E-state index in [2.05, 4.69) is 52.1 Å². The molecule has 2 aromatic heterocycles. The number of H-pyrrole nitrogens is 2. The number of nitrogens with zero attached hydrogens (tertiary/aromatic N) is 4. The maximum Gasteiger partial charge on any atom is 0.326 e. The molecule has 22 heteroatoms. The molecule has 0 fully saturated rings. The first-order valence-electron chi connectivity index (χ1n) is 21.6. The smallest absolute Gasteiger partial charge is 0.326 e. The van der Waals surface area contributed by atoms with Crippen molar-refractivity contribution < 1.29 is 42.6 Å². The van der Waals surface area contributed by atoms with Gasteiger partial charge in [0, 0.05) is 39.7 Å². The monoisotopic (exact) mass is 989 g/mol. The standard InChI is InChI=1S/C25H28ClFN6O4.C22H23ClFN5O3/c1-28-10-2-3-23(34)31-21(25(36)37)13-18(30-24(35)22-14-29-33-32-22)11-15-4-6-16(7-5-15)19-12-17(26)8-9-20(19)27;1-2-32-22(31)19(25)11-16(27-21(30)20-12-26-29-28-20)9-13-3-5-14(6-4-13)17-10-15(23)7-8-18(17)24/h4-9,12,14,18,21,28H,2-3,10-11,13H2,1H3,(H,30,35)(H,31,34)(H,36,37)(H,29,32,33);3-8,10,12,16,19H,2,9,11,25H2,1H3,(H,27,30)(H,26,28,29)/t18-,21-;16-,19-/m11/s1. The third kappa shape index (κ3) is 16.6. The van der Waals surface area contributed by atoms with Gasteiger partial charge in [-0.25, -0.2) is 13.6 Å². The molecule has 0 saturated carbocycles. The number of nitrogens with one attached hydrogen (secondary N) is 6. The van der Waals surface area contributed by atoms with Crippen molar-refractivity contribution in [2.24, 2.45) is 5.73 Å². The fraction of sp³-hybridized carbons (Fsp3) is 0.298. The number of aromatic amines is 2. The van der Waals surface area contributed by atoms with Gasteiger partial charge >= 0.3 is 11.9 Å². The second-order valence-electron chi connectivity index (χ2n) is 15.6. The zero-order valence-electron chi connectivity index (χ0n) is 37.5. The summed E-state index contributed by atoms with van der Waals surface area (Å²) in [5, 5.41) is 41.1. The summed E-state index contributed by atoms with van der Waals surface area (Å²) in [6.07, 6.45) is 4.00. The Balaban J connectivity index is 0.000000260. The van der Waals surface area contributed by atoms with Crippen LogP contribution in [0, 0.1) is 11.6 Å². The highest BCUT2D eigenvalue weighted by atomic mass is 35.5. The highest BCUT2D eigenvalue weighted by molar-refractivity contribution is 6.31. The minimum atomic E-state index is -1.22. The second kappa shape index (κ2) is 26.4. The van der Waals surface area contributed by atoms with E-state index in [4.69, 9.17) is 33.7 Å². The average Bonchev–Trinajstić information content (AvgIpc) is 4.08. The Kier molecular flexibility index (Phi) is 20.2. The molecule has 6 rings (SSSR count). The van der Waals surface area contributed by atoms with E-state index in [0.717, 1.165) is 11.1 Å². The third-order valence-electron chi connectivity index (χ3n) is 10.4. The molecule has 4 atom stereocenters. The first-order chi connectivity index (χ1) is 33.1. The zero-order valence-corrected chi connectivity index (χ0v) is 39.0. The number of ether oxygens (including phenoxy) is 1. The van der Waals surface area contributed by atoms with Crippen molar-refractivity contribution in [2.45, 2.75) is 69.6 Å². The van der Waals surface area contributed by atoms with Crippen LogP contribution >= 0.6 is 23.2 Å². The molecule has 4 aromatic carbocycles. The van der Waals surface area contributed by atoms with Gasteiger partial charge < -0.3 is 36.8 Å². The van der Waals surface area contributed by atoms with Crippen molar-refractivity contribution in [1.29, 1.82) is 0 Å². The Bertz CT molecular complexity index is 2630.